The predicted octanol–water partition coefficient (Wildman–Crippen LogP) is 2.72. The number of amides is 1. The lowest BCUT2D eigenvalue weighted by molar-refractivity contribution is 0.1000. The summed E-state index contributed by atoms with van der Waals surface area (Å²) in [6.45, 7) is 5.78. The minimum Gasteiger partial charge on any atom is -0.365 e. The summed E-state index contributed by atoms with van der Waals surface area (Å²) in [7, 11) is 0. The van der Waals surface area contributed by atoms with Crippen LogP contribution in [-0.4, -0.2) is 15.7 Å². The molecule has 1 aliphatic heterocycles. The van der Waals surface area contributed by atoms with Crippen LogP contribution in [0.3, 0.4) is 0 Å². The van der Waals surface area contributed by atoms with Gasteiger partial charge < -0.3 is 11.1 Å². The summed E-state index contributed by atoms with van der Waals surface area (Å²) in [5.41, 5.74) is 6.65. The van der Waals surface area contributed by atoms with Crippen LogP contribution in [0.1, 0.15) is 47.9 Å². The molecular weight excluding hydrogens is 283 g/mol. The lowest BCUT2D eigenvalue weighted by atomic mass is 9.88. The minimum atomic E-state index is -0.531. The number of aryl methyl sites for hydroxylation is 1. The molecule has 0 saturated carbocycles. The number of carbonyl (C=O) groups excluding carboxylic acids is 1. The van der Waals surface area contributed by atoms with Gasteiger partial charge in [0.2, 0.25) is 0 Å². The van der Waals surface area contributed by atoms with E-state index in [0.717, 1.165) is 0 Å². The molecule has 1 aromatic carbocycles. The summed E-state index contributed by atoms with van der Waals surface area (Å²) in [6, 6.07) is 6.43. The standard InChI is InChI=1S/C16H19FN4O/c1-9-13(14(18)22)15-19-12(8-16(2,3)21(15)20-9)10-6-4-5-7-11(10)17/h4-7,12,19H,8H2,1-3H3,(H2,18,22). The third-order valence-corrected chi connectivity index (χ3v) is 4.18. The second kappa shape index (κ2) is 4.83. The highest BCUT2D eigenvalue weighted by atomic mass is 19.1. The number of nitrogens with two attached hydrogens (primary N) is 1. The monoisotopic (exact) mass is 302 g/mol. The maximum atomic E-state index is 14.1. The van der Waals surface area contributed by atoms with Crippen molar-refractivity contribution in [2.45, 2.75) is 38.8 Å². The van der Waals surface area contributed by atoms with Crippen molar-refractivity contribution in [3.63, 3.8) is 0 Å². The molecule has 1 aliphatic rings. The summed E-state index contributed by atoms with van der Waals surface area (Å²) in [6.07, 6.45) is 0.653. The molecule has 22 heavy (non-hydrogen) atoms. The molecule has 3 rings (SSSR count). The molecule has 116 valence electrons. The molecule has 2 heterocycles. The van der Waals surface area contributed by atoms with E-state index < -0.39 is 5.91 Å². The van der Waals surface area contributed by atoms with E-state index in [1.807, 2.05) is 13.8 Å². The SMILES string of the molecule is Cc1nn2c(c1C(N)=O)NC(c1ccccc1F)CC2(C)C. The summed E-state index contributed by atoms with van der Waals surface area (Å²) in [5, 5.41) is 7.68. The Morgan fingerprint density at radius 3 is 2.77 bits per heavy atom. The van der Waals surface area contributed by atoms with E-state index in [0.29, 0.717) is 29.1 Å². The summed E-state index contributed by atoms with van der Waals surface area (Å²) in [4.78, 5) is 11.7. The first kappa shape index (κ1) is 14.6. The van der Waals surface area contributed by atoms with E-state index in [1.165, 1.54) is 6.07 Å². The molecule has 1 atom stereocenters. The zero-order valence-electron chi connectivity index (χ0n) is 12.9. The van der Waals surface area contributed by atoms with Crippen LogP contribution in [0.2, 0.25) is 0 Å². The van der Waals surface area contributed by atoms with Crippen molar-refractivity contribution in [1.29, 1.82) is 0 Å². The van der Waals surface area contributed by atoms with Gasteiger partial charge >= 0.3 is 0 Å². The number of nitrogens with one attached hydrogen (secondary N) is 1. The van der Waals surface area contributed by atoms with Crippen LogP contribution >= 0.6 is 0 Å². The molecule has 0 aliphatic carbocycles. The van der Waals surface area contributed by atoms with Gasteiger partial charge in [0.1, 0.15) is 17.2 Å². The van der Waals surface area contributed by atoms with Crippen LogP contribution < -0.4 is 11.1 Å². The molecule has 0 saturated heterocycles. The molecule has 0 spiro atoms. The van der Waals surface area contributed by atoms with E-state index in [1.54, 1.807) is 29.8 Å². The van der Waals surface area contributed by atoms with Gasteiger partial charge in [-0.25, -0.2) is 9.07 Å². The summed E-state index contributed by atoms with van der Waals surface area (Å²) in [5.74, 6) is -0.230. The lowest BCUT2D eigenvalue weighted by Crippen LogP contribution is -2.38. The fourth-order valence-corrected chi connectivity index (χ4v) is 3.14. The van der Waals surface area contributed by atoms with Crippen LogP contribution in [0.25, 0.3) is 0 Å². The van der Waals surface area contributed by atoms with E-state index in [9.17, 15) is 9.18 Å². The lowest BCUT2D eigenvalue weighted by Gasteiger charge is -2.38. The summed E-state index contributed by atoms with van der Waals surface area (Å²) < 4.78 is 15.9. The van der Waals surface area contributed by atoms with Crippen molar-refractivity contribution >= 4 is 11.7 Å². The number of fused-ring (bicyclic) bond motifs is 1. The van der Waals surface area contributed by atoms with Crippen molar-refractivity contribution in [3.8, 4) is 0 Å². The van der Waals surface area contributed by atoms with Gasteiger partial charge in [0.15, 0.2) is 0 Å². The molecule has 0 bridgehead atoms. The van der Waals surface area contributed by atoms with Gasteiger partial charge in [-0.15, -0.1) is 0 Å². The Morgan fingerprint density at radius 2 is 2.14 bits per heavy atom. The van der Waals surface area contributed by atoms with Crippen LogP contribution in [-0.2, 0) is 5.54 Å². The Bertz CT molecular complexity index is 751. The second-order valence-electron chi connectivity index (χ2n) is 6.32. The average Bonchev–Trinajstić information content (AvgIpc) is 2.76. The number of carbonyl (C=O) groups is 1. The molecule has 0 radical (unpaired) electrons. The molecule has 2 aromatic rings. The Balaban J connectivity index is 2.12. The van der Waals surface area contributed by atoms with Crippen molar-refractivity contribution in [1.82, 2.24) is 9.78 Å². The van der Waals surface area contributed by atoms with Crippen molar-refractivity contribution < 1.29 is 9.18 Å². The van der Waals surface area contributed by atoms with Gasteiger partial charge in [0, 0.05) is 5.56 Å². The van der Waals surface area contributed by atoms with Gasteiger partial charge in [0.25, 0.3) is 5.91 Å². The highest BCUT2D eigenvalue weighted by Crippen LogP contribution is 2.41. The number of benzene rings is 1. The smallest absolute Gasteiger partial charge is 0.254 e. The Labute approximate surface area is 128 Å². The van der Waals surface area contributed by atoms with Gasteiger partial charge in [-0.2, -0.15) is 5.10 Å². The predicted molar refractivity (Wildman–Crippen MR) is 82.2 cm³/mol. The third kappa shape index (κ3) is 2.15. The van der Waals surface area contributed by atoms with Crippen molar-refractivity contribution in [2.75, 3.05) is 5.32 Å². The molecular formula is C16H19FN4O. The minimum absolute atomic E-state index is 0.238. The Kier molecular flexibility index (Phi) is 3.20. The highest BCUT2D eigenvalue weighted by molar-refractivity contribution is 5.99. The molecule has 6 heteroatoms. The van der Waals surface area contributed by atoms with Crippen LogP contribution in [0, 0.1) is 12.7 Å². The first-order chi connectivity index (χ1) is 10.3. The topological polar surface area (TPSA) is 72.9 Å². The maximum Gasteiger partial charge on any atom is 0.254 e. The first-order valence-corrected chi connectivity index (χ1v) is 7.22. The first-order valence-electron chi connectivity index (χ1n) is 7.22. The van der Waals surface area contributed by atoms with E-state index >= 15 is 0 Å². The number of aromatic nitrogens is 2. The van der Waals surface area contributed by atoms with E-state index in [4.69, 9.17) is 5.73 Å². The van der Waals surface area contributed by atoms with Crippen LogP contribution in [0.4, 0.5) is 10.2 Å². The molecule has 5 nitrogen and oxygen atoms in total. The molecule has 1 aromatic heterocycles. The highest BCUT2D eigenvalue weighted by Gasteiger charge is 2.38. The Hall–Kier alpha value is -2.37. The number of anilines is 1. The molecule has 0 fully saturated rings. The fourth-order valence-electron chi connectivity index (χ4n) is 3.14. The summed E-state index contributed by atoms with van der Waals surface area (Å²) >= 11 is 0. The molecule has 1 amide bonds. The average molecular weight is 302 g/mol. The van der Waals surface area contributed by atoms with E-state index in [2.05, 4.69) is 10.4 Å². The fraction of sp³-hybridized carbons (Fsp3) is 0.375. The number of hydrogen-bond donors (Lipinski definition) is 2. The second-order valence-corrected chi connectivity index (χ2v) is 6.32. The number of primary amides is 1. The van der Waals surface area contributed by atoms with Crippen molar-refractivity contribution in [2.24, 2.45) is 5.73 Å². The van der Waals surface area contributed by atoms with Gasteiger partial charge in [-0.3, -0.25) is 4.79 Å². The van der Waals surface area contributed by atoms with Gasteiger partial charge in [0.05, 0.1) is 17.3 Å². The van der Waals surface area contributed by atoms with Crippen LogP contribution in [0.15, 0.2) is 24.3 Å². The number of hydrogen-bond acceptors (Lipinski definition) is 3. The third-order valence-electron chi connectivity index (χ3n) is 4.18. The number of halogens is 1. The zero-order valence-corrected chi connectivity index (χ0v) is 12.9. The normalized spacial score (nSPS) is 19.4. The molecule has 1 unspecified atom stereocenters. The largest absolute Gasteiger partial charge is 0.365 e. The van der Waals surface area contributed by atoms with Gasteiger partial charge in [-0.05, 0) is 33.3 Å². The zero-order chi connectivity index (χ0) is 16.1. The van der Waals surface area contributed by atoms with Crippen LogP contribution in [0.5, 0.6) is 0 Å². The molecule has 3 N–H and O–H groups in total. The van der Waals surface area contributed by atoms with E-state index in [-0.39, 0.29) is 17.4 Å². The maximum absolute atomic E-state index is 14.1. The van der Waals surface area contributed by atoms with Crippen molar-refractivity contribution in [3.05, 3.63) is 46.9 Å². The number of nitrogens with zero attached hydrogens (tertiary/aromatic N) is 2. The van der Waals surface area contributed by atoms with Gasteiger partial charge in [-0.1, -0.05) is 18.2 Å². The quantitative estimate of drug-likeness (QED) is 0.896. The Morgan fingerprint density at radius 1 is 1.45 bits per heavy atom. The number of rotatable bonds is 2.